The molecule has 0 spiro atoms. The van der Waals surface area contributed by atoms with Crippen molar-refractivity contribution in [2.75, 3.05) is 13.2 Å². The van der Waals surface area contributed by atoms with Crippen LogP contribution in [0, 0.1) is 19.7 Å². The molecule has 2 atom stereocenters. The number of fused-ring (bicyclic) bond motifs is 2. The summed E-state index contributed by atoms with van der Waals surface area (Å²) in [5.41, 5.74) is 1.70. The number of halogens is 1. The summed E-state index contributed by atoms with van der Waals surface area (Å²) in [5.74, 6) is -0.236. The Labute approximate surface area is 112 Å². The fourth-order valence-electron chi connectivity index (χ4n) is 3.77. The average Bonchev–Trinajstić information content (AvgIpc) is 2.25. The number of benzene rings is 1. The number of ether oxygens (including phenoxy) is 1. The lowest BCUT2D eigenvalue weighted by atomic mass is 9.75. The van der Waals surface area contributed by atoms with E-state index in [4.69, 9.17) is 4.74 Å². The van der Waals surface area contributed by atoms with Crippen LogP contribution >= 0.6 is 0 Å². The van der Waals surface area contributed by atoms with Gasteiger partial charge in [0, 0.05) is 12.1 Å². The van der Waals surface area contributed by atoms with Crippen LogP contribution in [0.25, 0.3) is 0 Å². The predicted molar refractivity (Wildman–Crippen MR) is 70.5 cm³/mol. The fourth-order valence-corrected chi connectivity index (χ4v) is 3.77. The third-order valence-corrected chi connectivity index (χ3v) is 4.24. The number of piperidine rings is 1. The molecule has 0 radical (unpaired) electrons. The van der Waals surface area contributed by atoms with Gasteiger partial charge in [0.1, 0.15) is 5.82 Å². The summed E-state index contributed by atoms with van der Waals surface area (Å²) in [6, 6.07) is 3.38. The van der Waals surface area contributed by atoms with E-state index in [1.807, 2.05) is 13.8 Å². The van der Waals surface area contributed by atoms with Gasteiger partial charge in [-0.25, -0.2) is 4.39 Å². The van der Waals surface area contributed by atoms with Crippen LogP contribution in [-0.2, 0) is 10.3 Å². The molecule has 2 saturated heterocycles. The highest BCUT2D eigenvalue weighted by Gasteiger charge is 2.43. The molecule has 2 aliphatic heterocycles. The van der Waals surface area contributed by atoms with E-state index in [0.29, 0.717) is 26.1 Å². The van der Waals surface area contributed by atoms with Gasteiger partial charge in [0.05, 0.1) is 18.8 Å². The third kappa shape index (κ3) is 2.29. The number of hydrogen-bond acceptors (Lipinski definition) is 3. The number of aliphatic hydroxyl groups is 1. The van der Waals surface area contributed by atoms with Crippen molar-refractivity contribution in [2.45, 2.75) is 44.4 Å². The maximum absolute atomic E-state index is 13.4. The zero-order valence-electron chi connectivity index (χ0n) is 11.4. The number of rotatable bonds is 1. The van der Waals surface area contributed by atoms with Gasteiger partial charge >= 0.3 is 0 Å². The van der Waals surface area contributed by atoms with Crippen molar-refractivity contribution in [3.05, 3.63) is 34.6 Å². The van der Waals surface area contributed by atoms with Crippen molar-refractivity contribution in [2.24, 2.45) is 0 Å². The summed E-state index contributed by atoms with van der Waals surface area (Å²) in [6.07, 6.45) is 1.24. The Kier molecular flexibility index (Phi) is 3.12. The van der Waals surface area contributed by atoms with Crippen LogP contribution in [0.1, 0.15) is 29.5 Å². The number of hydrogen-bond donors (Lipinski definition) is 2. The summed E-state index contributed by atoms with van der Waals surface area (Å²) in [6.45, 7) is 5.02. The van der Waals surface area contributed by atoms with Gasteiger partial charge in [0.2, 0.25) is 0 Å². The van der Waals surface area contributed by atoms with Crippen LogP contribution in [0.15, 0.2) is 12.1 Å². The summed E-state index contributed by atoms with van der Waals surface area (Å²) >= 11 is 0. The molecule has 19 heavy (non-hydrogen) atoms. The third-order valence-electron chi connectivity index (χ3n) is 4.24. The van der Waals surface area contributed by atoms with E-state index < -0.39 is 5.60 Å². The molecule has 3 nitrogen and oxygen atoms in total. The fraction of sp³-hybridized carbons (Fsp3) is 0.600. The van der Waals surface area contributed by atoms with Crippen LogP contribution in [0.5, 0.6) is 0 Å². The minimum absolute atomic E-state index is 0.182. The van der Waals surface area contributed by atoms with Crippen LogP contribution < -0.4 is 5.32 Å². The second-order valence-corrected chi connectivity index (χ2v) is 5.95. The Morgan fingerprint density at radius 1 is 1.21 bits per heavy atom. The molecule has 4 heteroatoms. The SMILES string of the molecule is Cc1cc(F)cc(C)c1C1(O)CC2COCC(C1)N2. The van der Waals surface area contributed by atoms with E-state index in [2.05, 4.69) is 5.32 Å². The minimum atomic E-state index is -0.869. The average molecular weight is 265 g/mol. The van der Waals surface area contributed by atoms with E-state index in [-0.39, 0.29) is 17.9 Å². The molecule has 2 heterocycles. The van der Waals surface area contributed by atoms with Gasteiger partial charge in [-0.2, -0.15) is 0 Å². The summed E-state index contributed by atoms with van der Waals surface area (Å²) in [5, 5.41) is 14.6. The lowest BCUT2D eigenvalue weighted by molar-refractivity contribution is -0.0808. The summed E-state index contributed by atoms with van der Waals surface area (Å²) in [4.78, 5) is 0. The van der Waals surface area contributed by atoms with Crippen LogP contribution in [-0.4, -0.2) is 30.4 Å². The Bertz CT molecular complexity index is 468. The lowest BCUT2D eigenvalue weighted by Gasteiger charge is -2.46. The quantitative estimate of drug-likeness (QED) is 0.813. The standard InChI is InChI=1S/C15H20FNO2/c1-9-3-11(16)4-10(2)14(9)15(18)5-12-7-19-8-13(6-15)17-12/h3-4,12-13,17-18H,5-8H2,1-2H3. The molecule has 3 rings (SSSR count). The van der Waals surface area contributed by atoms with Crippen LogP contribution in [0.3, 0.4) is 0 Å². The smallest absolute Gasteiger partial charge is 0.123 e. The lowest BCUT2D eigenvalue weighted by Crippen LogP contribution is -2.58. The first kappa shape index (κ1) is 13.0. The molecular formula is C15H20FNO2. The zero-order valence-corrected chi connectivity index (χ0v) is 11.4. The molecular weight excluding hydrogens is 245 g/mol. The first-order chi connectivity index (χ1) is 8.98. The van der Waals surface area contributed by atoms with Crippen molar-refractivity contribution in [3.8, 4) is 0 Å². The van der Waals surface area contributed by atoms with Crippen molar-refractivity contribution < 1.29 is 14.2 Å². The maximum Gasteiger partial charge on any atom is 0.123 e. The second-order valence-electron chi connectivity index (χ2n) is 5.95. The molecule has 0 aromatic heterocycles. The topological polar surface area (TPSA) is 41.5 Å². The molecule has 2 bridgehead atoms. The van der Waals surface area contributed by atoms with Crippen LogP contribution in [0.2, 0.25) is 0 Å². The predicted octanol–water partition coefficient (Wildman–Crippen LogP) is 1.78. The van der Waals surface area contributed by atoms with Crippen molar-refractivity contribution in [1.29, 1.82) is 0 Å². The van der Waals surface area contributed by atoms with Gasteiger partial charge in [0.15, 0.2) is 0 Å². The Morgan fingerprint density at radius 2 is 1.74 bits per heavy atom. The monoisotopic (exact) mass is 265 g/mol. The van der Waals surface area contributed by atoms with Crippen molar-refractivity contribution in [1.82, 2.24) is 5.32 Å². The summed E-state index contributed by atoms with van der Waals surface area (Å²) < 4.78 is 18.9. The molecule has 0 aliphatic carbocycles. The van der Waals surface area contributed by atoms with Gasteiger partial charge in [-0.05, 0) is 55.5 Å². The van der Waals surface area contributed by atoms with Gasteiger partial charge in [-0.1, -0.05) is 0 Å². The normalized spacial score (nSPS) is 34.3. The highest BCUT2D eigenvalue weighted by atomic mass is 19.1. The number of aryl methyl sites for hydroxylation is 2. The molecule has 2 unspecified atom stereocenters. The molecule has 0 amide bonds. The zero-order chi connectivity index (χ0) is 13.6. The molecule has 2 N–H and O–H groups in total. The second kappa shape index (κ2) is 4.54. The van der Waals surface area contributed by atoms with E-state index in [0.717, 1.165) is 16.7 Å². The first-order valence-electron chi connectivity index (χ1n) is 6.81. The molecule has 2 fully saturated rings. The van der Waals surface area contributed by atoms with E-state index in [1.165, 1.54) is 12.1 Å². The molecule has 1 aromatic carbocycles. The number of nitrogens with one attached hydrogen (secondary N) is 1. The van der Waals surface area contributed by atoms with E-state index in [1.54, 1.807) is 0 Å². The molecule has 104 valence electrons. The van der Waals surface area contributed by atoms with Crippen LogP contribution in [0.4, 0.5) is 4.39 Å². The molecule has 2 aliphatic rings. The van der Waals surface area contributed by atoms with Crippen molar-refractivity contribution >= 4 is 0 Å². The number of morpholine rings is 1. The van der Waals surface area contributed by atoms with Gasteiger partial charge in [0.25, 0.3) is 0 Å². The van der Waals surface area contributed by atoms with Gasteiger partial charge < -0.3 is 15.2 Å². The molecule has 1 aromatic rings. The van der Waals surface area contributed by atoms with Crippen molar-refractivity contribution in [3.63, 3.8) is 0 Å². The maximum atomic E-state index is 13.4. The first-order valence-corrected chi connectivity index (χ1v) is 6.81. The molecule has 0 saturated carbocycles. The highest BCUT2D eigenvalue weighted by molar-refractivity contribution is 5.39. The largest absolute Gasteiger partial charge is 0.385 e. The Hall–Kier alpha value is -0.970. The Balaban J connectivity index is 2.01. The van der Waals surface area contributed by atoms with E-state index in [9.17, 15) is 9.50 Å². The highest BCUT2D eigenvalue weighted by Crippen LogP contribution is 2.39. The van der Waals surface area contributed by atoms with E-state index >= 15 is 0 Å². The van der Waals surface area contributed by atoms with Gasteiger partial charge in [-0.15, -0.1) is 0 Å². The van der Waals surface area contributed by atoms with Gasteiger partial charge in [-0.3, -0.25) is 0 Å². The Morgan fingerprint density at radius 3 is 2.26 bits per heavy atom. The minimum Gasteiger partial charge on any atom is -0.385 e. The summed E-state index contributed by atoms with van der Waals surface area (Å²) in [7, 11) is 0.